The molecule has 0 radical (unpaired) electrons. The molecule has 1 unspecified atom stereocenters. The topological polar surface area (TPSA) is 137 Å². The van der Waals surface area contributed by atoms with Crippen LogP contribution in [0.4, 0.5) is 30.7 Å². The van der Waals surface area contributed by atoms with Crippen molar-refractivity contribution in [1.82, 2.24) is 14.2 Å². The van der Waals surface area contributed by atoms with Crippen molar-refractivity contribution < 1.29 is 63.7 Å². The van der Waals surface area contributed by atoms with Crippen LogP contribution < -0.4 is 4.74 Å². The number of ether oxygens (including phenoxy) is 1. The van der Waals surface area contributed by atoms with Crippen LogP contribution in [0.2, 0.25) is 0 Å². The highest BCUT2D eigenvalue weighted by Crippen LogP contribution is 2.42. The number of likely N-dealkylation sites (N-methyl/N-ethyl adjacent to an activating group) is 1. The Morgan fingerprint density at radius 3 is 2.03 bits per heavy atom. The SMILES string of the molecule is CN1CCC(COc2ncccc2F)CC12CN(S(=O)(=O)C1CC1)C2.O=C(O)C(F)(F)F.O=C(O)C(F)(F)F. The number of aliphatic carboxylic acids is 2. The van der Waals surface area contributed by atoms with Gasteiger partial charge >= 0.3 is 24.3 Å². The molecular formula is C21H26F7N3O7S. The van der Waals surface area contributed by atoms with E-state index in [4.69, 9.17) is 24.5 Å². The lowest BCUT2D eigenvalue weighted by atomic mass is 9.77. The molecule has 0 amide bonds. The van der Waals surface area contributed by atoms with Crippen LogP contribution in [0, 0.1) is 11.7 Å². The quantitative estimate of drug-likeness (QED) is 0.491. The molecule has 1 atom stereocenters. The van der Waals surface area contributed by atoms with Gasteiger partial charge in [-0.1, -0.05) is 0 Å². The molecule has 39 heavy (non-hydrogen) atoms. The lowest BCUT2D eigenvalue weighted by molar-refractivity contribution is -0.193. The summed E-state index contributed by atoms with van der Waals surface area (Å²) < 4.78 is 109. The molecule has 222 valence electrons. The second-order valence-corrected chi connectivity index (χ2v) is 11.4. The number of nitrogens with zero attached hydrogens (tertiary/aromatic N) is 3. The van der Waals surface area contributed by atoms with Gasteiger partial charge in [0.1, 0.15) is 0 Å². The molecule has 3 fully saturated rings. The van der Waals surface area contributed by atoms with Gasteiger partial charge in [0, 0.05) is 24.8 Å². The minimum absolute atomic E-state index is 0.0435. The van der Waals surface area contributed by atoms with Crippen molar-refractivity contribution in [2.75, 3.05) is 33.3 Å². The maximum atomic E-state index is 13.6. The molecule has 2 aliphatic heterocycles. The lowest BCUT2D eigenvalue weighted by Gasteiger charge is -2.57. The average molecular weight is 598 g/mol. The predicted octanol–water partition coefficient (Wildman–Crippen LogP) is 2.75. The molecule has 0 bridgehead atoms. The zero-order chi connectivity index (χ0) is 29.8. The number of pyridine rings is 1. The Morgan fingerprint density at radius 1 is 1.08 bits per heavy atom. The number of alkyl halides is 6. The summed E-state index contributed by atoms with van der Waals surface area (Å²) in [5, 5.41) is 14.1. The second-order valence-electron chi connectivity index (χ2n) is 9.22. The van der Waals surface area contributed by atoms with Gasteiger partial charge in [0.25, 0.3) is 0 Å². The first kappa shape index (κ1) is 32.5. The van der Waals surface area contributed by atoms with Crippen molar-refractivity contribution in [1.29, 1.82) is 0 Å². The Kier molecular flexibility index (Phi) is 10.2. The van der Waals surface area contributed by atoms with Crippen LogP contribution in [0.3, 0.4) is 0 Å². The number of likely N-dealkylation sites (tertiary alicyclic amines) is 1. The summed E-state index contributed by atoms with van der Waals surface area (Å²) in [5.41, 5.74) is -0.100. The number of hydrogen-bond donors (Lipinski definition) is 2. The van der Waals surface area contributed by atoms with Crippen LogP contribution in [0.15, 0.2) is 18.3 Å². The normalized spacial score (nSPS) is 21.5. The van der Waals surface area contributed by atoms with Gasteiger partial charge in [0.05, 0.1) is 11.9 Å². The summed E-state index contributed by atoms with van der Waals surface area (Å²) >= 11 is 0. The highest BCUT2D eigenvalue weighted by molar-refractivity contribution is 7.90. The highest BCUT2D eigenvalue weighted by atomic mass is 32.2. The summed E-state index contributed by atoms with van der Waals surface area (Å²) in [7, 11) is -1.02. The maximum absolute atomic E-state index is 13.6. The summed E-state index contributed by atoms with van der Waals surface area (Å²) in [6, 6.07) is 2.88. The first-order valence-corrected chi connectivity index (χ1v) is 12.8. The molecule has 1 aliphatic carbocycles. The van der Waals surface area contributed by atoms with E-state index in [-0.39, 0.29) is 22.6 Å². The summed E-state index contributed by atoms with van der Waals surface area (Å²) in [6.45, 7) is 2.45. The minimum atomic E-state index is -5.08. The fourth-order valence-corrected chi connectivity index (χ4v) is 5.96. The monoisotopic (exact) mass is 597 g/mol. The van der Waals surface area contributed by atoms with E-state index in [0.29, 0.717) is 19.7 Å². The molecule has 1 aromatic rings. The van der Waals surface area contributed by atoms with Crippen LogP contribution in [0.25, 0.3) is 0 Å². The van der Waals surface area contributed by atoms with Gasteiger partial charge < -0.3 is 14.9 Å². The lowest BCUT2D eigenvalue weighted by Crippen LogP contribution is -2.72. The molecule has 4 rings (SSSR count). The van der Waals surface area contributed by atoms with Gasteiger partial charge in [0.2, 0.25) is 15.9 Å². The Labute approximate surface area is 218 Å². The van der Waals surface area contributed by atoms with Gasteiger partial charge in [0.15, 0.2) is 5.82 Å². The number of hydrogen-bond acceptors (Lipinski definition) is 7. The van der Waals surface area contributed by atoms with Gasteiger partial charge in [-0.3, -0.25) is 4.90 Å². The maximum Gasteiger partial charge on any atom is 0.490 e. The number of sulfonamides is 1. The standard InChI is InChI=1S/C17H24FN3O3S.2C2HF3O2/c1-20-8-6-13(10-24-16-15(18)3-2-7-19-16)9-17(20)11-21(12-17)25(22,23)14-4-5-14;2*3-2(4,5)1(6)7/h2-3,7,13-14H,4-6,8-12H2,1H3;2*(H,6,7). The van der Waals surface area contributed by atoms with Gasteiger partial charge in [-0.05, 0) is 57.3 Å². The summed E-state index contributed by atoms with van der Waals surface area (Å²) in [5.74, 6) is -5.64. The van der Waals surface area contributed by atoms with Crippen LogP contribution in [0.1, 0.15) is 25.7 Å². The van der Waals surface area contributed by atoms with E-state index in [9.17, 15) is 39.2 Å². The zero-order valence-corrected chi connectivity index (χ0v) is 21.2. The zero-order valence-electron chi connectivity index (χ0n) is 20.4. The molecule has 1 spiro atoms. The van der Waals surface area contributed by atoms with Crippen molar-refractivity contribution in [2.24, 2.45) is 5.92 Å². The molecule has 10 nitrogen and oxygen atoms in total. The van der Waals surface area contributed by atoms with E-state index in [2.05, 4.69) is 16.9 Å². The molecule has 2 N–H and O–H groups in total. The van der Waals surface area contributed by atoms with E-state index in [1.165, 1.54) is 18.3 Å². The molecule has 2 saturated heterocycles. The molecule has 18 heteroatoms. The number of halogens is 7. The van der Waals surface area contributed by atoms with Crippen LogP contribution in [-0.4, -0.2) is 101 Å². The summed E-state index contributed by atoms with van der Waals surface area (Å²) in [6.07, 6.45) is -5.22. The summed E-state index contributed by atoms with van der Waals surface area (Å²) in [4.78, 5) is 24.0. The third kappa shape index (κ3) is 8.89. The molecular weight excluding hydrogens is 571 g/mol. The number of carboxylic acids is 2. The van der Waals surface area contributed by atoms with E-state index < -0.39 is 40.1 Å². The molecule has 3 aliphatic rings. The van der Waals surface area contributed by atoms with E-state index in [0.717, 1.165) is 32.2 Å². The Bertz CT molecular complexity index is 1100. The van der Waals surface area contributed by atoms with Gasteiger partial charge in [-0.15, -0.1) is 0 Å². The third-order valence-electron chi connectivity index (χ3n) is 6.26. The van der Waals surface area contributed by atoms with Crippen molar-refractivity contribution in [3.8, 4) is 5.88 Å². The second kappa shape index (κ2) is 12.2. The number of aromatic nitrogens is 1. The Balaban J connectivity index is 0.000000317. The Morgan fingerprint density at radius 2 is 1.59 bits per heavy atom. The molecule has 0 aromatic carbocycles. The molecule has 1 aromatic heterocycles. The van der Waals surface area contributed by atoms with Crippen LogP contribution in [0.5, 0.6) is 5.88 Å². The Hall–Kier alpha value is -2.73. The van der Waals surface area contributed by atoms with Crippen molar-refractivity contribution in [3.63, 3.8) is 0 Å². The number of piperidine rings is 1. The van der Waals surface area contributed by atoms with Gasteiger partial charge in [-0.2, -0.15) is 30.6 Å². The minimum Gasteiger partial charge on any atom is -0.475 e. The molecule has 1 saturated carbocycles. The number of carbonyl (C=O) groups is 2. The fourth-order valence-electron chi connectivity index (χ4n) is 3.96. The third-order valence-corrected chi connectivity index (χ3v) is 8.56. The van der Waals surface area contributed by atoms with Crippen LogP contribution >= 0.6 is 0 Å². The van der Waals surface area contributed by atoms with E-state index in [1.807, 2.05) is 0 Å². The van der Waals surface area contributed by atoms with E-state index >= 15 is 0 Å². The largest absolute Gasteiger partial charge is 0.490 e. The average Bonchev–Trinajstić information content (AvgIpc) is 3.64. The highest BCUT2D eigenvalue weighted by Gasteiger charge is 2.55. The molecule has 3 heterocycles. The van der Waals surface area contributed by atoms with E-state index in [1.54, 1.807) is 4.31 Å². The van der Waals surface area contributed by atoms with Crippen molar-refractivity contribution in [3.05, 3.63) is 24.1 Å². The number of carboxylic acid groups (broad SMARTS) is 2. The first-order chi connectivity index (χ1) is 17.8. The number of rotatable bonds is 5. The smallest absolute Gasteiger partial charge is 0.475 e. The predicted molar refractivity (Wildman–Crippen MR) is 119 cm³/mol. The van der Waals surface area contributed by atoms with Crippen LogP contribution in [-0.2, 0) is 19.6 Å². The van der Waals surface area contributed by atoms with Crippen molar-refractivity contribution in [2.45, 2.75) is 48.8 Å². The van der Waals surface area contributed by atoms with Crippen molar-refractivity contribution >= 4 is 22.0 Å². The fraction of sp³-hybridized carbons (Fsp3) is 0.667. The first-order valence-electron chi connectivity index (χ1n) is 11.3. The van der Waals surface area contributed by atoms with Gasteiger partial charge in [-0.25, -0.2) is 27.4 Å².